The molecule has 0 aliphatic heterocycles. The third-order valence-electron chi connectivity index (χ3n) is 1.92. The van der Waals surface area contributed by atoms with E-state index in [-0.39, 0.29) is 24.0 Å². The fraction of sp³-hybridized carbons (Fsp3) is 0.417. The summed E-state index contributed by atoms with van der Waals surface area (Å²) in [5, 5.41) is 8.73. The summed E-state index contributed by atoms with van der Waals surface area (Å²) in [6.07, 6.45) is 0.0979. The standard InChI is InChI=1S/C12H15FO4/c1-8(2)16-3-4-17-11-6-9(12(14)15)5-10(13)7-11/h5-8H,3-4H2,1-2H3,(H,14,15). The minimum Gasteiger partial charge on any atom is -0.491 e. The Balaban J connectivity index is 2.56. The Hall–Kier alpha value is -1.62. The molecule has 0 aliphatic carbocycles. The number of rotatable bonds is 6. The van der Waals surface area contributed by atoms with Gasteiger partial charge in [0, 0.05) is 6.07 Å². The fourth-order valence-electron chi connectivity index (χ4n) is 1.21. The van der Waals surface area contributed by atoms with Crippen LogP contribution < -0.4 is 4.74 Å². The number of benzene rings is 1. The van der Waals surface area contributed by atoms with Crippen LogP contribution in [-0.2, 0) is 4.74 Å². The highest BCUT2D eigenvalue weighted by Gasteiger charge is 2.07. The van der Waals surface area contributed by atoms with Crippen molar-refractivity contribution >= 4 is 5.97 Å². The zero-order chi connectivity index (χ0) is 12.8. The maximum absolute atomic E-state index is 13.1. The second-order valence-corrected chi connectivity index (χ2v) is 3.75. The van der Waals surface area contributed by atoms with Crippen LogP contribution in [0.2, 0.25) is 0 Å². The average Bonchev–Trinajstić information content (AvgIpc) is 2.23. The minimum absolute atomic E-state index is 0.0979. The quantitative estimate of drug-likeness (QED) is 0.778. The molecule has 0 unspecified atom stereocenters. The molecular formula is C12H15FO4. The molecule has 0 heterocycles. The lowest BCUT2D eigenvalue weighted by molar-refractivity contribution is 0.0551. The average molecular weight is 242 g/mol. The van der Waals surface area contributed by atoms with Crippen molar-refractivity contribution in [2.75, 3.05) is 13.2 Å². The van der Waals surface area contributed by atoms with Crippen molar-refractivity contribution in [1.82, 2.24) is 0 Å². The molecule has 0 amide bonds. The lowest BCUT2D eigenvalue weighted by Crippen LogP contribution is -2.11. The van der Waals surface area contributed by atoms with Gasteiger partial charge in [-0.25, -0.2) is 9.18 Å². The lowest BCUT2D eigenvalue weighted by Gasteiger charge is -2.09. The van der Waals surface area contributed by atoms with E-state index in [1.54, 1.807) is 0 Å². The summed E-state index contributed by atoms with van der Waals surface area (Å²) in [5.74, 6) is -1.63. The Bertz CT molecular complexity index is 390. The van der Waals surface area contributed by atoms with Gasteiger partial charge in [0.05, 0.1) is 18.3 Å². The van der Waals surface area contributed by atoms with Crippen LogP contribution in [0.15, 0.2) is 18.2 Å². The largest absolute Gasteiger partial charge is 0.491 e. The number of ether oxygens (including phenoxy) is 2. The van der Waals surface area contributed by atoms with Crippen molar-refractivity contribution in [3.8, 4) is 5.75 Å². The lowest BCUT2D eigenvalue weighted by atomic mass is 10.2. The van der Waals surface area contributed by atoms with Gasteiger partial charge in [-0.1, -0.05) is 0 Å². The SMILES string of the molecule is CC(C)OCCOc1cc(F)cc(C(=O)O)c1. The van der Waals surface area contributed by atoms with Crippen LogP contribution in [0.3, 0.4) is 0 Å². The van der Waals surface area contributed by atoms with E-state index in [0.29, 0.717) is 6.61 Å². The molecule has 0 atom stereocenters. The van der Waals surface area contributed by atoms with Gasteiger partial charge < -0.3 is 14.6 Å². The second-order valence-electron chi connectivity index (χ2n) is 3.75. The number of carboxylic acids is 1. The van der Waals surface area contributed by atoms with Crippen LogP contribution in [0.25, 0.3) is 0 Å². The van der Waals surface area contributed by atoms with Crippen molar-refractivity contribution in [2.45, 2.75) is 20.0 Å². The summed E-state index contributed by atoms with van der Waals surface area (Å²) in [6, 6.07) is 3.36. The van der Waals surface area contributed by atoms with Crippen LogP contribution in [0.4, 0.5) is 4.39 Å². The number of halogens is 1. The molecule has 1 aromatic carbocycles. The Morgan fingerprint density at radius 2 is 2.06 bits per heavy atom. The van der Waals surface area contributed by atoms with E-state index in [9.17, 15) is 9.18 Å². The Morgan fingerprint density at radius 3 is 2.65 bits per heavy atom. The molecule has 0 aromatic heterocycles. The van der Waals surface area contributed by atoms with Crippen LogP contribution >= 0.6 is 0 Å². The van der Waals surface area contributed by atoms with Gasteiger partial charge in [0.15, 0.2) is 0 Å². The first-order valence-corrected chi connectivity index (χ1v) is 5.27. The minimum atomic E-state index is -1.19. The monoisotopic (exact) mass is 242 g/mol. The number of hydrogen-bond donors (Lipinski definition) is 1. The molecule has 0 spiro atoms. The molecule has 0 saturated carbocycles. The van der Waals surface area contributed by atoms with Gasteiger partial charge in [0.25, 0.3) is 0 Å². The first kappa shape index (κ1) is 13.4. The first-order valence-electron chi connectivity index (χ1n) is 5.27. The van der Waals surface area contributed by atoms with Gasteiger partial charge in [-0.2, -0.15) is 0 Å². The van der Waals surface area contributed by atoms with Crippen LogP contribution in [0, 0.1) is 5.82 Å². The molecule has 0 aliphatic rings. The zero-order valence-electron chi connectivity index (χ0n) is 9.77. The molecule has 94 valence electrons. The molecular weight excluding hydrogens is 227 g/mol. The predicted octanol–water partition coefficient (Wildman–Crippen LogP) is 2.33. The topological polar surface area (TPSA) is 55.8 Å². The number of hydrogen-bond acceptors (Lipinski definition) is 3. The van der Waals surface area contributed by atoms with Crippen LogP contribution in [0.5, 0.6) is 5.75 Å². The van der Waals surface area contributed by atoms with Gasteiger partial charge >= 0.3 is 5.97 Å². The number of carbonyl (C=O) groups is 1. The van der Waals surface area contributed by atoms with E-state index in [1.165, 1.54) is 6.07 Å². The van der Waals surface area contributed by atoms with Gasteiger partial charge in [-0.3, -0.25) is 0 Å². The molecule has 4 nitrogen and oxygen atoms in total. The normalized spacial score (nSPS) is 10.6. The van der Waals surface area contributed by atoms with E-state index < -0.39 is 11.8 Å². The fourth-order valence-corrected chi connectivity index (χ4v) is 1.21. The van der Waals surface area contributed by atoms with E-state index in [2.05, 4.69) is 0 Å². The summed E-state index contributed by atoms with van der Waals surface area (Å²) in [6.45, 7) is 4.41. The van der Waals surface area contributed by atoms with Gasteiger partial charge in [-0.05, 0) is 26.0 Å². The second kappa shape index (κ2) is 6.20. The van der Waals surface area contributed by atoms with Crippen molar-refractivity contribution < 1.29 is 23.8 Å². The van der Waals surface area contributed by atoms with Crippen molar-refractivity contribution in [2.24, 2.45) is 0 Å². The van der Waals surface area contributed by atoms with Crippen molar-refractivity contribution in [3.63, 3.8) is 0 Å². The smallest absolute Gasteiger partial charge is 0.335 e. The molecule has 0 fully saturated rings. The van der Waals surface area contributed by atoms with E-state index in [0.717, 1.165) is 12.1 Å². The van der Waals surface area contributed by atoms with E-state index in [4.69, 9.17) is 14.6 Å². The van der Waals surface area contributed by atoms with Gasteiger partial charge in [0.2, 0.25) is 0 Å². The summed E-state index contributed by atoms with van der Waals surface area (Å²) in [5.41, 5.74) is -0.134. The highest BCUT2D eigenvalue weighted by atomic mass is 19.1. The van der Waals surface area contributed by atoms with Crippen molar-refractivity contribution in [3.05, 3.63) is 29.6 Å². The van der Waals surface area contributed by atoms with Gasteiger partial charge in [0.1, 0.15) is 18.2 Å². The van der Waals surface area contributed by atoms with Crippen molar-refractivity contribution in [1.29, 1.82) is 0 Å². The molecule has 1 rings (SSSR count). The molecule has 1 aromatic rings. The van der Waals surface area contributed by atoms with Gasteiger partial charge in [-0.15, -0.1) is 0 Å². The predicted molar refractivity (Wildman–Crippen MR) is 59.9 cm³/mol. The number of carboxylic acid groups (broad SMARTS) is 1. The summed E-state index contributed by atoms with van der Waals surface area (Å²) >= 11 is 0. The summed E-state index contributed by atoms with van der Waals surface area (Å²) in [7, 11) is 0. The molecule has 0 saturated heterocycles. The highest BCUT2D eigenvalue weighted by Crippen LogP contribution is 2.16. The molecule has 0 bridgehead atoms. The summed E-state index contributed by atoms with van der Waals surface area (Å²) < 4.78 is 23.5. The highest BCUT2D eigenvalue weighted by molar-refractivity contribution is 5.88. The van der Waals surface area contributed by atoms with Crippen LogP contribution in [0.1, 0.15) is 24.2 Å². The molecule has 17 heavy (non-hydrogen) atoms. The Kier molecular flexibility index (Phi) is 4.90. The first-order chi connectivity index (χ1) is 7.99. The Labute approximate surface area is 99.0 Å². The van der Waals surface area contributed by atoms with E-state index in [1.807, 2.05) is 13.8 Å². The third kappa shape index (κ3) is 4.82. The van der Waals surface area contributed by atoms with Crippen LogP contribution in [-0.4, -0.2) is 30.4 Å². The Morgan fingerprint density at radius 1 is 1.35 bits per heavy atom. The molecule has 0 radical (unpaired) electrons. The third-order valence-corrected chi connectivity index (χ3v) is 1.92. The van der Waals surface area contributed by atoms with E-state index >= 15 is 0 Å². The maximum atomic E-state index is 13.1. The number of aromatic carboxylic acids is 1. The zero-order valence-corrected chi connectivity index (χ0v) is 9.77. The molecule has 1 N–H and O–H groups in total. The molecule has 5 heteroatoms. The summed E-state index contributed by atoms with van der Waals surface area (Å²) in [4.78, 5) is 10.7. The maximum Gasteiger partial charge on any atom is 0.335 e.